The number of hydrogen-bond donors (Lipinski definition) is 1. The Morgan fingerprint density at radius 2 is 1.92 bits per heavy atom. The van der Waals surface area contributed by atoms with Crippen molar-refractivity contribution in [2.24, 2.45) is 5.10 Å². The highest BCUT2D eigenvalue weighted by Crippen LogP contribution is 2.31. The van der Waals surface area contributed by atoms with Crippen LogP contribution in [0.3, 0.4) is 0 Å². The standard InChI is InChI=1S/C18H18ClN3O2/c1-3-13-22(14-9-5-4-6-10-14)16-12-8-7-11-15(16)20-21-17(19)18(23)24-2/h3-12,20H,1,13H2,2H3/b21-17-. The first-order valence-corrected chi connectivity index (χ1v) is 7.65. The van der Waals surface area contributed by atoms with Gasteiger partial charge in [0.15, 0.2) is 0 Å². The smallest absolute Gasteiger partial charge is 0.370 e. The SMILES string of the molecule is C=CCN(c1ccccc1)c1ccccc1N/N=C(\Cl)C(=O)OC. The van der Waals surface area contributed by atoms with Crippen LogP contribution in [0.4, 0.5) is 17.1 Å². The van der Waals surface area contributed by atoms with E-state index in [4.69, 9.17) is 11.6 Å². The highest BCUT2D eigenvalue weighted by Gasteiger charge is 2.13. The summed E-state index contributed by atoms with van der Waals surface area (Å²) in [6.45, 7) is 4.43. The molecule has 2 aromatic carbocycles. The fourth-order valence-corrected chi connectivity index (χ4v) is 2.24. The van der Waals surface area contributed by atoms with Crippen LogP contribution in [0.2, 0.25) is 0 Å². The Hall–Kier alpha value is -2.79. The number of esters is 1. The van der Waals surface area contributed by atoms with Crippen molar-refractivity contribution in [3.8, 4) is 0 Å². The van der Waals surface area contributed by atoms with Gasteiger partial charge in [0, 0.05) is 12.2 Å². The molecule has 0 amide bonds. The molecular weight excluding hydrogens is 326 g/mol. The second-order valence-electron chi connectivity index (χ2n) is 4.76. The van der Waals surface area contributed by atoms with E-state index in [0.717, 1.165) is 11.4 Å². The number of para-hydroxylation sites is 3. The van der Waals surface area contributed by atoms with Gasteiger partial charge in [-0.05, 0) is 24.3 Å². The largest absolute Gasteiger partial charge is 0.464 e. The van der Waals surface area contributed by atoms with Crippen molar-refractivity contribution in [3.05, 3.63) is 67.3 Å². The third kappa shape index (κ3) is 4.36. The van der Waals surface area contributed by atoms with E-state index >= 15 is 0 Å². The average Bonchev–Trinajstić information content (AvgIpc) is 2.64. The number of hydrogen-bond acceptors (Lipinski definition) is 5. The van der Waals surface area contributed by atoms with Crippen molar-refractivity contribution in [2.75, 3.05) is 24.0 Å². The van der Waals surface area contributed by atoms with Gasteiger partial charge < -0.3 is 9.64 Å². The summed E-state index contributed by atoms with van der Waals surface area (Å²) < 4.78 is 4.52. The number of nitrogens with zero attached hydrogens (tertiary/aromatic N) is 2. The highest BCUT2D eigenvalue weighted by molar-refractivity contribution is 6.82. The van der Waals surface area contributed by atoms with Gasteiger partial charge in [-0.25, -0.2) is 4.79 Å². The maximum absolute atomic E-state index is 11.3. The van der Waals surface area contributed by atoms with E-state index in [1.54, 1.807) is 0 Å². The molecule has 2 aromatic rings. The zero-order valence-electron chi connectivity index (χ0n) is 13.3. The van der Waals surface area contributed by atoms with Gasteiger partial charge in [-0.1, -0.05) is 48.0 Å². The van der Waals surface area contributed by atoms with Gasteiger partial charge in [-0.2, -0.15) is 5.10 Å². The number of hydrazone groups is 1. The Bertz CT molecular complexity index is 732. The van der Waals surface area contributed by atoms with Gasteiger partial charge in [-0.15, -0.1) is 6.58 Å². The Balaban J connectivity index is 2.35. The zero-order valence-corrected chi connectivity index (χ0v) is 14.0. The number of nitrogens with one attached hydrogen (secondary N) is 1. The minimum atomic E-state index is -0.701. The third-order valence-electron chi connectivity index (χ3n) is 3.20. The molecule has 5 nitrogen and oxygen atoms in total. The summed E-state index contributed by atoms with van der Waals surface area (Å²) in [6, 6.07) is 17.5. The molecule has 6 heteroatoms. The number of anilines is 3. The number of carbonyl (C=O) groups is 1. The van der Waals surface area contributed by atoms with Crippen LogP contribution in [0.1, 0.15) is 0 Å². The molecule has 124 valence electrons. The molecule has 0 unspecified atom stereocenters. The van der Waals surface area contributed by atoms with Gasteiger partial charge >= 0.3 is 5.97 Å². The zero-order chi connectivity index (χ0) is 17.4. The van der Waals surface area contributed by atoms with Gasteiger partial charge in [0.1, 0.15) is 0 Å². The Kier molecular flexibility index (Phi) is 6.40. The van der Waals surface area contributed by atoms with E-state index in [9.17, 15) is 4.79 Å². The van der Waals surface area contributed by atoms with Gasteiger partial charge in [0.25, 0.3) is 0 Å². The normalized spacial score (nSPS) is 10.8. The van der Waals surface area contributed by atoms with Crippen molar-refractivity contribution in [2.45, 2.75) is 0 Å². The third-order valence-corrected chi connectivity index (χ3v) is 3.44. The predicted molar refractivity (Wildman–Crippen MR) is 99.0 cm³/mol. The molecule has 0 aliphatic carbocycles. The van der Waals surface area contributed by atoms with E-state index in [-0.39, 0.29) is 5.17 Å². The van der Waals surface area contributed by atoms with Crippen LogP contribution in [-0.2, 0) is 9.53 Å². The van der Waals surface area contributed by atoms with E-state index in [1.807, 2.05) is 60.7 Å². The lowest BCUT2D eigenvalue weighted by Gasteiger charge is -2.25. The van der Waals surface area contributed by atoms with Crippen LogP contribution < -0.4 is 10.3 Å². The molecule has 0 heterocycles. The van der Waals surface area contributed by atoms with Gasteiger partial charge in [-0.3, -0.25) is 5.43 Å². The maximum Gasteiger partial charge on any atom is 0.370 e. The van der Waals surface area contributed by atoms with E-state index in [0.29, 0.717) is 12.2 Å². The minimum Gasteiger partial charge on any atom is -0.464 e. The topological polar surface area (TPSA) is 53.9 Å². The summed E-state index contributed by atoms with van der Waals surface area (Å²) in [5, 5.41) is 3.59. The highest BCUT2D eigenvalue weighted by atomic mass is 35.5. The molecule has 1 N–H and O–H groups in total. The van der Waals surface area contributed by atoms with Crippen LogP contribution >= 0.6 is 11.6 Å². The fourth-order valence-electron chi connectivity index (χ4n) is 2.12. The van der Waals surface area contributed by atoms with Crippen molar-refractivity contribution in [1.29, 1.82) is 0 Å². The summed E-state index contributed by atoms with van der Waals surface area (Å²) in [7, 11) is 1.25. The molecule has 0 aliphatic rings. The van der Waals surface area contributed by atoms with E-state index in [1.165, 1.54) is 7.11 Å². The molecule has 0 aromatic heterocycles. The first-order valence-electron chi connectivity index (χ1n) is 7.27. The molecule has 0 bridgehead atoms. The minimum absolute atomic E-state index is 0.276. The number of rotatable bonds is 7. The lowest BCUT2D eigenvalue weighted by molar-refractivity contribution is -0.132. The molecular formula is C18H18ClN3O2. The fraction of sp³-hybridized carbons (Fsp3) is 0.111. The number of methoxy groups -OCH3 is 1. The second-order valence-corrected chi connectivity index (χ2v) is 5.12. The van der Waals surface area contributed by atoms with Crippen LogP contribution in [-0.4, -0.2) is 24.8 Å². The summed E-state index contributed by atoms with van der Waals surface area (Å²) in [6.07, 6.45) is 1.81. The molecule has 24 heavy (non-hydrogen) atoms. The summed E-state index contributed by atoms with van der Waals surface area (Å²) in [5.41, 5.74) is 5.40. The lowest BCUT2D eigenvalue weighted by atomic mass is 10.2. The second kappa shape index (κ2) is 8.74. The number of halogens is 1. The maximum atomic E-state index is 11.3. The van der Waals surface area contributed by atoms with E-state index in [2.05, 4.69) is 26.7 Å². The number of ether oxygens (including phenoxy) is 1. The van der Waals surface area contributed by atoms with Crippen LogP contribution in [0.5, 0.6) is 0 Å². The average molecular weight is 344 g/mol. The molecule has 0 fully saturated rings. The van der Waals surface area contributed by atoms with Crippen LogP contribution in [0, 0.1) is 0 Å². The molecule has 0 radical (unpaired) electrons. The van der Waals surface area contributed by atoms with Crippen molar-refractivity contribution in [1.82, 2.24) is 0 Å². The van der Waals surface area contributed by atoms with Crippen molar-refractivity contribution in [3.63, 3.8) is 0 Å². The quantitative estimate of drug-likeness (QED) is 0.355. The van der Waals surface area contributed by atoms with Crippen molar-refractivity contribution >= 4 is 39.8 Å². The lowest BCUT2D eigenvalue weighted by Crippen LogP contribution is -2.18. The monoisotopic (exact) mass is 343 g/mol. The van der Waals surface area contributed by atoms with Gasteiger partial charge in [0.05, 0.1) is 18.5 Å². The predicted octanol–water partition coefficient (Wildman–Crippen LogP) is 4.15. The number of benzene rings is 2. The molecule has 0 saturated carbocycles. The summed E-state index contributed by atoms with van der Waals surface area (Å²) >= 11 is 5.77. The Morgan fingerprint density at radius 3 is 2.58 bits per heavy atom. The first kappa shape index (κ1) is 17.6. The first-order chi connectivity index (χ1) is 11.7. The molecule has 0 saturated heterocycles. The summed E-state index contributed by atoms with van der Waals surface area (Å²) in [5.74, 6) is -0.701. The molecule has 0 atom stereocenters. The van der Waals surface area contributed by atoms with Crippen LogP contribution in [0.15, 0.2) is 72.4 Å². The van der Waals surface area contributed by atoms with E-state index < -0.39 is 5.97 Å². The molecule has 2 rings (SSSR count). The van der Waals surface area contributed by atoms with Gasteiger partial charge in [0.2, 0.25) is 5.17 Å². The summed E-state index contributed by atoms with van der Waals surface area (Å²) in [4.78, 5) is 13.4. The Labute approximate surface area is 146 Å². The van der Waals surface area contributed by atoms with Crippen LogP contribution in [0.25, 0.3) is 0 Å². The number of carbonyl (C=O) groups excluding carboxylic acids is 1. The Morgan fingerprint density at radius 1 is 1.25 bits per heavy atom. The van der Waals surface area contributed by atoms with Crippen molar-refractivity contribution < 1.29 is 9.53 Å². The molecule has 0 spiro atoms. The molecule has 0 aliphatic heterocycles.